The second-order valence-corrected chi connectivity index (χ2v) is 8.47. The number of anilines is 1. The van der Waals surface area contributed by atoms with E-state index in [4.69, 9.17) is 11.5 Å². The molecule has 31 heavy (non-hydrogen) atoms. The van der Waals surface area contributed by atoms with Gasteiger partial charge in [-0.1, -0.05) is 81.0 Å². The number of rotatable bonds is 8. The predicted molar refractivity (Wildman–Crippen MR) is 139 cm³/mol. The number of hydrogen-bond donors (Lipinski definition) is 2. The summed E-state index contributed by atoms with van der Waals surface area (Å²) >= 11 is 0. The average molecular weight is 415 g/mol. The molecule has 0 unspecified atom stereocenters. The van der Waals surface area contributed by atoms with Crippen LogP contribution in [-0.2, 0) is 6.54 Å². The molecule has 0 bridgehead atoms. The molecule has 164 valence electrons. The summed E-state index contributed by atoms with van der Waals surface area (Å²) in [4.78, 5) is 0. The van der Waals surface area contributed by atoms with E-state index in [-0.39, 0.29) is 0 Å². The zero-order valence-corrected chi connectivity index (χ0v) is 20.0. The summed E-state index contributed by atoms with van der Waals surface area (Å²) in [5.41, 5.74) is 22.7. The van der Waals surface area contributed by atoms with Gasteiger partial charge in [0.2, 0.25) is 0 Å². The highest BCUT2D eigenvalue weighted by atomic mass is 14.6. The molecule has 0 spiro atoms. The van der Waals surface area contributed by atoms with Gasteiger partial charge >= 0.3 is 0 Å². The standard InChI is InChI=1S/C29H38N2/c1-7-9-22-11-13-23(14-12-22)29(24-15-17-28(31)25(18-24)19-30)26(8-2)27(21(5)6)16-10-20(3)4/h7,9-18,21H,8,19,30-31H2,1-6H3/b9-7+,27-16+,29-26+. The average Bonchev–Trinajstić information content (AvgIpc) is 2.74. The van der Waals surface area contributed by atoms with Gasteiger partial charge in [0.15, 0.2) is 0 Å². The number of allylic oxidation sites excluding steroid dienone is 6. The molecule has 0 fully saturated rings. The minimum atomic E-state index is 0.408. The summed E-state index contributed by atoms with van der Waals surface area (Å²) in [6.45, 7) is 13.5. The molecule has 0 aliphatic heterocycles. The minimum Gasteiger partial charge on any atom is -0.398 e. The first-order chi connectivity index (χ1) is 14.8. The van der Waals surface area contributed by atoms with Gasteiger partial charge in [0.05, 0.1) is 0 Å². The molecule has 0 heterocycles. The molecule has 0 saturated heterocycles. The van der Waals surface area contributed by atoms with Crippen molar-refractivity contribution in [2.75, 3.05) is 5.73 Å². The molecular formula is C29H38N2. The van der Waals surface area contributed by atoms with Gasteiger partial charge in [-0.3, -0.25) is 0 Å². The summed E-state index contributed by atoms with van der Waals surface area (Å²) in [6.07, 6.45) is 9.63. The third kappa shape index (κ3) is 6.32. The molecule has 0 aliphatic rings. The van der Waals surface area contributed by atoms with E-state index in [1.54, 1.807) is 0 Å². The van der Waals surface area contributed by atoms with Gasteiger partial charge in [0.25, 0.3) is 0 Å². The van der Waals surface area contributed by atoms with Gasteiger partial charge in [-0.2, -0.15) is 0 Å². The van der Waals surface area contributed by atoms with Crippen molar-refractivity contribution in [2.45, 2.75) is 54.5 Å². The molecule has 0 aromatic heterocycles. The lowest BCUT2D eigenvalue weighted by Gasteiger charge is -2.22. The largest absolute Gasteiger partial charge is 0.398 e. The Morgan fingerprint density at radius 1 is 0.968 bits per heavy atom. The van der Waals surface area contributed by atoms with E-state index in [0.29, 0.717) is 12.5 Å². The van der Waals surface area contributed by atoms with Crippen LogP contribution in [0.3, 0.4) is 0 Å². The minimum absolute atomic E-state index is 0.408. The Labute approximate surface area is 189 Å². The zero-order valence-electron chi connectivity index (χ0n) is 20.0. The summed E-state index contributed by atoms with van der Waals surface area (Å²) in [5.74, 6) is 0.408. The Morgan fingerprint density at radius 3 is 2.13 bits per heavy atom. The third-order valence-corrected chi connectivity index (χ3v) is 5.43. The first-order valence-electron chi connectivity index (χ1n) is 11.2. The van der Waals surface area contributed by atoms with E-state index >= 15 is 0 Å². The molecule has 0 amide bonds. The van der Waals surface area contributed by atoms with Crippen molar-refractivity contribution in [1.82, 2.24) is 0 Å². The van der Waals surface area contributed by atoms with Crippen LogP contribution in [0.5, 0.6) is 0 Å². The van der Waals surface area contributed by atoms with E-state index in [0.717, 1.165) is 23.2 Å². The first-order valence-corrected chi connectivity index (χ1v) is 11.2. The van der Waals surface area contributed by atoms with Crippen molar-refractivity contribution < 1.29 is 0 Å². The van der Waals surface area contributed by atoms with Gasteiger partial charge in [0.1, 0.15) is 0 Å². The summed E-state index contributed by atoms with van der Waals surface area (Å²) in [6, 6.07) is 15.1. The van der Waals surface area contributed by atoms with Crippen LogP contribution in [0, 0.1) is 5.92 Å². The second-order valence-electron chi connectivity index (χ2n) is 8.47. The molecule has 2 aromatic carbocycles. The Balaban J connectivity index is 2.86. The monoisotopic (exact) mass is 414 g/mol. The maximum atomic E-state index is 6.17. The van der Waals surface area contributed by atoms with Crippen LogP contribution < -0.4 is 11.5 Å². The quantitative estimate of drug-likeness (QED) is 0.346. The zero-order chi connectivity index (χ0) is 23.0. The molecule has 2 aromatic rings. The van der Waals surface area contributed by atoms with E-state index < -0.39 is 0 Å². The van der Waals surface area contributed by atoms with Crippen LogP contribution >= 0.6 is 0 Å². The smallest absolute Gasteiger partial charge is 0.0359 e. The van der Waals surface area contributed by atoms with Crippen molar-refractivity contribution in [3.8, 4) is 0 Å². The van der Waals surface area contributed by atoms with Gasteiger partial charge in [-0.05, 0) is 84.2 Å². The number of benzene rings is 2. The van der Waals surface area contributed by atoms with Crippen molar-refractivity contribution in [2.24, 2.45) is 11.7 Å². The second kappa shape index (κ2) is 11.5. The number of hydrogen-bond acceptors (Lipinski definition) is 2. The van der Waals surface area contributed by atoms with Crippen LogP contribution in [0.4, 0.5) is 5.69 Å². The molecule has 4 N–H and O–H groups in total. The molecule has 0 saturated carbocycles. The molecule has 0 aliphatic carbocycles. The Bertz CT molecular complexity index is 996. The van der Waals surface area contributed by atoms with E-state index in [1.807, 2.05) is 13.0 Å². The van der Waals surface area contributed by atoms with Crippen molar-refractivity contribution >= 4 is 17.3 Å². The lowest BCUT2D eigenvalue weighted by molar-refractivity contribution is 0.767. The fourth-order valence-corrected chi connectivity index (χ4v) is 3.83. The fourth-order valence-electron chi connectivity index (χ4n) is 3.83. The van der Waals surface area contributed by atoms with Gasteiger partial charge in [-0.15, -0.1) is 0 Å². The third-order valence-electron chi connectivity index (χ3n) is 5.43. The maximum Gasteiger partial charge on any atom is 0.0359 e. The van der Waals surface area contributed by atoms with Gasteiger partial charge in [-0.25, -0.2) is 0 Å². The van der Waals surface area contributed by atoms with Crippen LogP contribution in [-0.4, -0.2) is 0 Å². The molecule has 2 nitrogen and oxygen atoms in total. The summed E-state index contributed by atoms with van der Waals surface area (Å²) in [7, 11) is 0. The number of nitrogen functional groups attached to an aromatic ring is 1. The Hall–Kier alpha value is -2.84. The SMILES string of the molecule is C/C=C/c1ccc(/C(=C(CC)\C(=C\C=C(C)C)C(C)C)c2ccc(N)c(CN)c2)cc1. The van der Waals surface area contributed by atoms with Crippen molar-refractivity contribution in [3.05, 3.63) is 99.7 Å². The van der Waals surface area contributed by atoms with E-state index in [9.17, 15) is 0 Å². The molecule has 2 rings (SSSR count). The molecule has 0 radical (unpaired) electrons. The summed E-state index contributed by atoms with van der Waals surface area (Å²) < 4.78 is 0. The predicted octanol–water partition coefficient (Wildman–Crippen LogP) is 7.52. The number of nitrogens with two attached hydrogens (primary N) is 2. The van der Waals surface area contributed by atoms with Crippen LogP contribution in [0.25, 0.3) is 11.6 Å². The molecule has 0 atom stereocenters. The molecule has 2 heteroatoms. The Kier molecular flexibility index (Phi) is 9.08. The van der Waals surface area contributed by atoms with Crippen molar-refractivity contribution in [3.63, 3.8) is 0 Å². The van der Waals surface area contributed by atoms with E-state index in [1.165, 1.54) is 33.4 Å². The van der Waals surface area contributed by atoms with Crippen LogP contribution in [0.15, 0.2) is 77.4 Å². The highest BCUT2D eigenvalue weighted by molar-refractivity contribution is 5.86. The van der Waals surface area contributed by atoms with Crippen LogP contribution in [0.2, 0.25) is 0 Å². The highest BCUT2D eigenvalue weighted by Crippen LogP contribution is 2.36. The van der Waals surface area contributed by atoms with Crippen LogP contribution in [0.1, 0.15) is 70.2 Å². The Morgan fingerprint density at radius 2 is 1.61 bits per heavy atom. The summed E-state index contributed by atoms with van der Waals surface area (Å²) in [5, 5.41) is 0. The fraction of sp³-hybridized carbons (Fsp3) is 0.310. The van der Waals surface area contributed by atoms with E-state index in [2.05, 4.69) is 95.3 Å². The normalized spacial score (nSPS) is 13.0. The highest BCUT2D eigenvalue weighted by Gasteiger charge is 2.17. The topological polar surface area (TPSA) is 52.0 Å². The van der Waals surface area contributed by atoms with Gasteiger partial charge < -0.3 is 11.5 Å². The lowest BCUT2D eigenvalue weighted by Crippen LogP contribution is -2.06. The lowest BCUT2D eigenvalue weighted by atomic mass is 9.83. The van der Waals surface area contributed by atoms with Gasteiger partial charge in [0, 0.05) is 12.2 Å². The molecular weight excluding hydrogens is 376 g/mol. The first kappa shape index (κ1) is 24.4. The van der Waals surface area contributed by atoms with Crippen molar-refractivity contribution in [1.29, 1.82) is 0 Å². The maximum absolute atomic E-state index is 6.17.